The van der Waals surface area contributed by atoms with Crippen LogP contribution in [0.3, 0.4) is 0 Å². The molecule has 6 N–H and O–H groups in total. The fraction of sp³-hybridized carbons (Fsp3) is 0.273. The molecule has 0 atom stereocenters. The maximum atomic E-state index is 12.5. The van der Waals surface area contributed by atoms with Gasteiger partial charge in [0.25, 0.3) is 11.8 Å². The number of allylic oxidation sites excluding steroid dienone is 2. The van der Waals surface area contributed by atoms with Crippen molar-refractivity contribution in [2.24, 2.45) is 0 Å². The zero-order chi connectivity index (χ0) is 31.6. The van der Waals surface area contributed by atoms with Crippen LogP contribution in [0.2, 0.25) is 0 Å². The van der Waals surface area contributed by atoms with Crippen molar-refractivity contribution in [3.05, 3.63) is 91.9 Å². The van der Waals surface area contributed by atoms with Crippen LogP contribution in [0, 0.1) is 13.8 Å². The topological polar surface area (TPSA) is 164 Å². The van der Waals surface area contributed by atoms with Crippen LogP contribution in [-0.4, -0.2) is 43.9 Å². The average molecular weight is 585 g/mol. The van der Waals surface area contributed by atoms with Crippen LogP contribution in [0.25, 0.3) is 24.3 Å². The van der Waals surface area contributed by atoms with Gasteiger partial charge in [0.05, 0.1) is 0 Å². The van der Waals surface area contributed by atoms with E-state index < -0.39 is 11.9 Å². The Morgan fingerprint density at radius 1 is 0.698 bits per heavy atom. The lowest BCUT2D eigenvalue weighted by Crippen LogP contribution is -2.16. The molecule has 0 aromatic carbocycles. The Morgan fingerprint density at radius 3 is 1.40 bits per heavy atom. The van der Waals surface area contributed by atoms with Crippen LogP contribution in [0.1, 0.15) is 84.6 Å². The molecule has 0 spiro atoms. The molecular weight excluding hydrogens is 548 g/mol. The number of hydrogen-bond donors (Lipinski definition) is 6. The molecule has 0 saturated carbocycles. The quantitative estimate of drug-likeness (QED) is 0.202. The third-order valence-corrected chi connectivity index (χ3v) is 8.11. The normalized spacial score (nSPS) is 16.8. The number of aromatic amines is 2. The number of aromatic nitrogens is 2. The summed E-state index contributed by atoms with van der Waals surface area (Å²) in [5.74, 6) is -2.47. The highest BCUT2D eigenvalue weighted by atomic mass is 16.4. The molecule has 0 radical (unpaired) electrons. The highest BCUT2D eigenvalue weighted by molar-refractivity contribution is 6.02. The summed E-state index contributed by atoms with van der Waals surface area (Å²) in [4.78, 5) is 54.0. The lowest BCUT2D eigenvalue weighted by atomic mass is 10.0. The number of rotatable bonds is 12. The van der Waals surface area contributed by atoms with E-state index in [0.29, 0.717) is 29.0 Å². The SMILES string of the molecule is C=Cc1c(Cc2[nH]c(/C=C3\NC(=O)C(CCC(=O)O)=C3C)c(C)c2C=C)[nH]c(/C=C2\NC(=O)C(CCC(=O)O)=C2C)c1C. The van der Waals surface area contributed by atoms with Crippen molar-refractivity contribution in [3.63, 3.8) is 0 Å². The van der Waals surface area contributed by atoms with Gasteiger partial charge in [0.1, 0.15) is 0 Å². The van der Waals surface area contributed by atoms with Crippen LogP contribution < -0.4 is 10.6 Å². The summed E-state index contributed by atoms with van der Waals surface area (Å²) in [7, 11) is 0. The lowest BCUT2D eigenvalue weighted by molar-refractivity contribution is -0.138. The molecule has 0 aliphatic carbocycles. The van der Waals surface area contributed by atoms with E-state index in [2.05, 4.69) is 33.8 Å². The molecule has 0 unspecified atom stereocenters. The van der Waals surface area contributed by atoms with Crippen LogP contribution >= 0.6 is 0 Å². The third-order valence-electron chi connectivity index (χ3n) is 8.11. The zero-order valence-corrected chi connectivity index (χ0v) is 24.8. The number of H-pyrrole nitrogens is 2. The summed E-state index contributed by atoms with van der Waals surface area (Å²) in [5, 5.41) is 23.8. The van der Waals surface area contributed by atoms with Crippen molar-refractivity contribution in [1.29, 1.82) is 0 Å². The van der Waals surface area contributed by atoms with Gasteiger partial charge in [-0.15, -0.1) is 0 Å². The van der Waals surface area contributed by atoms with E-state index in [0.717, 1.165) is 56.2 Å². The molecule has 2 aliphatic heterocycles. The molecule has 0 fully saturated rings. The Balaban J connectivity index is 1.66. The van der Waals surface area contributed by atoms with Gasteiger partial charge in [-0.25, -0.2) is 0 Å². The molecule has 10 nitrogen and oxygen atoms in total. The summed E-state index contributed by atoms with van der Waals surface area (Å²) in [6.45, 7) is 15.6. The molecule has 43 heavy (non-hydrogen) atoms. The molecule has 0 saturated heterocycles. The van der Waals surface area contributed by atoms with Crippen LogP contribution in [0.5, 0.6) is 0 Å². The summed E-state index contributed by atoms with van der Waals surface area (Å²) in [6.07, 6.45) is 7.86. The van der Waals surface area contributed by atoms with E-state index in [1.807, 2.05) is 26.0 Å². The van der Waals surface area contributed by atoms with E-state index in [-0.39, 0.29) is 37.5 Å². The second kappa shape index (κ2) is 12.4. The Labute approximate surface area is 249 Å². The number of aliphatic carboxylic acids is 2. The first-order valence-electron chi connectivity index (χ1n) is 13.9. The fourth-order valence-corrected chi connectivity index (χ4v) is 5.58. The molecule has 10 heteroatoms. The van der Waals surface area contributed by atoms with Gasteiger partial charge in [-0.3, -0.25) is 19.2 Å². The molecule has 2 aromatic heterocycles. The summed E-state index contributed by atoms with van der Waals surface area (Å²) < 4.78 is 0. The van der Waals surface area contributed by atoms with Gasteiger partial charge in [-0.05, 0) is 86.1 Å². The van der Waals surface area contributed by atoms with Crippen molar-refractivity contribution in [2.45, 2.75) is 59.8 Å². The maximum Gasteiger partial charge on any atom is 0.303 e. The standard InChI is InChI=1S/C33H36N4O6/c1-7-20-16(3)24(13-26-18(5)22(32(42)36-26)9-11-30(38)39)34-28(20)15-29-21(8-2)17(4)25(35-29)14-27-19(6)23(33(43)37-27)10-12-31(40)41/h7-8,13-14,34-35H,1-2,9-12,15H2,3-6H3,(H,36,42)(H,37,43)(H,38,39)(H,40,41)/b26-13-,27-14-. The molecule has 2 amide bonds. The highest BCUT2D eigenvalue weighted by Gasteiger charge is 2.27. The Bertz CT molecular complexity index is 1580. The van der Waals surface area contributed by atoms with Gasteiger partial charge in [0, 0.05) is 64.6 Å². The van der Waals surface area contributed by atoms with Gasteiger partial charge >= 0.3 is 11.9 Å². The number of carboxylic acids is 2. The molecule has 2 aliphatic rings. The van der Waals surface area contributed by atoms with Crippen LogP contribution in [0.4, 0.5) is 0 Å². The van der Waals surface area contributed by atoms with Crippen molar-refractivity contribution >= 4 is 48.1 Å². The first kappa shape index (κ1) is 30.8. The minimum absolute atomic E-state index is 0.117. The van der Waals surface area contributed by atoms with E-state index in [1.165, 1.54) is 0 Å². The van der Waals surface area contributed by atoms with Crippen LogP contribution in [-0.2, 0) is 25.6 Å². The van der Waals surface area contributed by atoms with Gasteiger partial charge in [-0.2, -0.15) is 0 Å². The molecular formula is C33H36N4O6. The maximum absolute atomic E-state index is 12.5. The van der Waals surface area contributed by atoms with Crippen molar-refractivity contribution < 1.29 is 29.4 Å². The van der Waals surface area contributed by atoms with Crippen molar-refractivity contribution in [2.75, 3.05) is 0 Å². The number of carbonyl (C=O) groups is 4. The highest BCUT2D eigenvalue weighted by Crippen LogP contribution is 2.32. The number of nitrogens with one attached hydrogen (secondary N) is 4. The zero-order valence-electron chi connectivity index (χ0n) is 24.8. The molecule has 224 valence electrons. The minimum Gasteiger partial charge on any atom is -0.481 e. The monoisotopic (exact) mass is 584 g/mol. The molecule has 4 rings (SSSR count). The van der Waals surface area contributed by atoms with Gasteiger partial charge in [-0.1, -0.05) is 25.3 Å². The minimum atomic E-state index is -0.955. The second-order valence-electron chi connectivity index (χ2n) is 10.7. The summed E-state index contributed by atoms with van der Waals surface area (Å²) >= 11 is 0. The Hall–Kier alpha value is -5.12. The van der Waals surface area contributed by atoms with Gasteiger partial charge in [0.15, 0.2) is 0 Å². The third kappa shape index (κ3) is 6.23. The van der Waals surface area contributed by atoms with Gasteiger partial charge in [0.2, 0.25) is 0 Å². The second-order valence-corrected chi connectivity index (χ2v) is 10.7. The van der Waals surface area contributed by atoms with E-state index >= 15 is 0 Å². The largest absolute Gasteiger partial charge is 0.481 e. The summed E-state index contributed by atoms with van der Waals surface area (Å²) in [5.41, 5.74) is 10.8. The molecule has 2 aromatic rings. The molecule has 0 bridgehead atoms. The Kier molecular flexibility index (Phi) is 8.89. The van der Waals surface area contributed by atoms with E-state index in [1.54, 1.807) is 26.0 Å². The van der Waals surface area contributed by atoms with E-state index in [4.69, 9.17) is 10.2 Å². The van der Waals surface area contributed by atoms with E-state index in [9.17, 15) is 19.2 Å². The average Bonchev–Trinajstić information content (AvgIpc) is 3.58. The number of amides is 2. The number of hydrogen-bond acceptors (Lipinski definition) is 4. The molecule has 4 heterocycles. The number of carboxylic acid groups (broad SMARTS) is 2. The summed E-state index contributed by atoms with van der Waals surface area (Å²) in [6, 6.07) is 0. The predicted molar refractivity (Wildman–Crippen MR) is 165 cm³/mol. The number of carbonyl (C=O) groups excluding carboxylic acids is 2. The van der Waals surface area contributed by atoms with Crippen molar-refractivity contribution in [3.8, 4) is 0 Å². The predicted octanol–water partition coefficient (Wildman–Crippen LogP) is 5.14. The Morgan fingerprint density at radius 2 is 1.07 bits per heavy atom. The first-order valence-corrected chi connectivity index (χ1v) is 13.9. The smallest absolute Gasteiger partial charge is 0.303 e. The fourth-order valence-electron chi connectivity index (χ4n) is 5.58. The van der Waals surface area contributed by atoms with Gasteiger partial charge < -0.3 is 30.8 Å². The van der Waals surface area contributed by atoms with Crippen molar-refractivity contribution in [1.82, 2.24) is 20.6 Å². The van der Waals surface area contributed by atoms with Crippen LogP contribution in [0.15, 0.2) is 46.8 Å². The first-order chi connectivity index (χ1) is 20.4. The lowest BCUT2D eigenvalue weighted by Gasteiger charge is -2.02.